The second-order valence-corrected chi connectivity index (χ2v) is 6.84. The molecule has 2 rings (SSSR count). The number of anilines is 1. The molecule has 1 atom stereocenters. The number of sulfonamides is 1. The molecule has 2 aromatic carbocycles. The minimum Gasteiger partial charge on any atom is -0.325 e. The number of primary sulfonamides is 1. The van der Waals surface area contributed by atoms with Crippen molar-refractivity contribution in [3.63, 3.8) is 0 Å². The fraction of sp³-hybridized carbons (Fsp3) is 0.188. The highest BCUT2D eigenvalue weighted by molar-refractivity contribution is 7.89. The van der Waals surface area contributed by atoms with Gasteiger partial charge in [-0.25, -0.2) is 17.9 Å². The van der Waals surface area contributed by atoms with Crippen molar-refractivity contribution in [2.24, 2.45) is 5.14 Å². The average Bonchev–Trinajstić information content (AvgIpc) is 2.52. The quantitative estimate of drug-likeness (QED) is 0.738. The monoisotopic (exact) mass is 351 g/mol. The van der Waals surface area contributed by atoms with E-state index >= 15 is 0 Å². The Labute approximate surface area is 139 Å². The molecule has 0 radical (unpaired) electrons. The van der Waals surface area contributed by atoms with Crippen LogP contribution >= 0.6 is 0 Å². The van der Waals surface area contributed by atoms with Gasteiger partial charge in [-0.2, -0.15) is 0 Å². The Morgan fingerprint density at radius 1 is 1.21 bits per heavy atom. The van der Waals surface area contributed by atoms with Gasteiger partial charge < -0.3 is 10.6 Å². The van der Waals surface area contributed by atoms with Crippen molar-refractivity contribution in [2.75, 3.05) is 11.9 Å². The van der Waals surface area contributed by atoms with E-state index in [9.17, 15) is 17.6 Å². The van der Waals surface area contributed by atoms with Gasteiger partial charge in [0, 0.05) is 11.7 Å². The lowest BCUT2D eigenvalue weighted by molar-refractivity contribution is -0.115. The van der Waals surface area contributed by atoms with Crippen molar-refractivity contribution in [3.8, 4) is 0 Å². The molecule has 0 aromatic heterocycles. The number of nitrogens with two attached hydrogens (primary N) is 1. The number of benzene rings is 2. The number of rotatable bonds is 6. The maximum atomic E-state index is 13.2. The molecule has 128 valence electrons. The van der Waals surface area contributed by atoms with Gasteiger partial charge in [0.25, 0.3) is 0 Å². The standard InChI is InChI=1S/C16H18FN3O3S/c1-11(12-3-2-4-13(17)9-12)19-10-16(21)20-14-5-7-15(8-6-14)24(18,22)23/h2-9,11,19H,10H2,1H3,(H,20,21)(H2,18,22,23)/t11-/m1/s1. The predicted octanol–water partition coefficient (Wildman–Crippen LogP) is 1.76. The van der Waals surface area contributed by atoms with Crippen LogP contribution in [0.2, 0.25) is 0 Å². The lowest BCUT2D eigenvalue weighted by atomic mass is 10.1. The molecule has 2 aromatic rings. The van der Waals surface area contributed by atoms with E-state index in [0.29, 0.717) is 5.69 Å². The van der Waals surface area contributed by atoms with E-state index < -0.39 is 10.0 Å². The highest BCUT2D eigenvalue weighted by atomic mass is 32.2. The Morgan fingerprint density at radius 2 is 1.88 bits per heavy atom. The molecular weight excluding hydrogens is 333 g/mol. The summed E-state index contributed by atoms with van der Waals surface area (Å²) in [4.78, 5) is 11.9. The van der Waals surface area contributed by atoms with Crippen molar-refractivity contribution < 1.29 is 17.6 Å². The lowest BCUT2D eigenvalue weighted by Crippen LogP contribution is -2.30. The highest BCUT2D eigenvalue weighted by Gasteiger charge is 2.10. The van der Waals surface area contributed by atoms with Crippen LogP contribution in [0.15, 0.2) is 53.4 Å². The van der Waals surface area contributed by atoms with Crippen molar-refractivity contribution in [1.29, 1.82) is 0 Å². The van der Waals surface area contributed by atoms with E-state index in [1.165, 1.54) is 36.4 Å². The minimum absolute atomic E-state index is 0.0224. The van der Waals surface area contributed by atoms with Crippen LogP contribution in [0.1, 0.15) is 18.5 Å². The molecule has 8 heteroatoms. The number of hydrogen-bond acceptors (Lipinski definition) is 4. The summed E-state index contributed by atoms with van der Waals surface area (Å²) < 4.78 is 35.5. The van der Waals surface area contributed by atoms with Crippen LogP contribution in [0.4, 0.5) is 10.1 Å². The number of nitrogens with one attached hydrogen (secondary N) is 2. The summed E-state index contributed by atoms with van der Waals surface area (Å²) in [5, 5.41) is 10.6. The van der Waals surface area contributed by atoms with Gasteiger partial charge in [0.1, 0.15) is 5.82 Å². The average molecular weight is 351 g/mol. The summed E-state index contributed by atoms with van der Waals surface area (Å²) in [6.07, 6.45) is 0. The summed E-state index contributed by atoms with van der Waals surface area (Å²) in [5.74, 6) is -0.637. The van der Waals surface area contributed by atoms with Crippen LogP contribution in [0.5, 0.6) is 0 Å². The first kappa shape index (κ1) is 18.1. The Kier molecular flexibility index (Phi) is 5.66. The zero-order valence-electron chi connectivity index (χ0n) is 13.0. The molecule has 0 heterocycles. The third-order valence-electron chi connectivity index (χ3n) is 3.38. The van der Waals surface area contributed by atoms with E-state index in [1.54, 1.807) is 12.1 Å². The van der Waals surface area contributed by atoms with Crippen LogP contribution in [0, 0.1) is 5.82 Å². The fourth-order valence-corrected chi connectivity index (χ4v) is 2.59. The third-order valence-corrected chi connectivity index (χ3v) is 4.31. The fourth-order valence-electron chi connectivity index (χ4n) is 2.07. The summed E-state index contributed by atoms with van der Waals surface area (Å²) in [6.45, 7) is 1.84. The molecule has 0 spiro atoms. The zero-order valence-corrected chi connectivity index (χ0v) is 13.8. The van der Waals surface area contributed by atoms with Crippen molar-refractivity contribution >= 4 is 21.6 Å². The number of carbonyl (C=O) groups is 1. The van der Waals surface area contributed by atoms with Crippen LogP contribution in [-0.4, -0.2) is 20.9 Å². The molecule has 0 aliphatic heterocycles. The molecule has 0 aliphatic carbocycles. The summed E-state index contributed by atoms with van der Waals surface area (Å²) in [5.41, 5.74) is 1.19. The largest absolute Gasteiger partial charge is 0.325 e. The van der Waals surface area contributed by atoms with Gasteiger partial charge in [-0.05, 0) is 48.9 Å². The number of halogens is 1. The molecule has 0 fully saturated rings. The number of carbonyl (C=O) groups excluding carboxylic acids is 1. The van der Waals surface area contributed by atoms with Crippen LogP contribution < -0.4 is 15.8 Å². The second-order valence-electron chi connectivity index (χ2n) is 5.28. The minimum atomic E-state index is -3.76. The Morgan fingerprint density at radius 3 is 2.46 bits per heavy atom. The van der Waals surface area contributed by atoms with Crippen LogP contribution in [0.25, 0.3) is 0 Å². The zero-order chi connectivity index (χ0) is 17.7. The van der Waals surface area contributed by atoms with Gasteiger partial charge in [0.2, 0.25) is 15.9 Å². The SMILES string of the molecule is C[C@@H](NCC(=O)Nc1ccc(S(N)(=O)=O)cc1)c1cccc(F)c1. The van der Waals surface area contributed by atoms with E-state index in [0.717, 1.165) is 5.56 Å². The predicted molar refractivity (Wildman–Crippen MR) is 89.3 cm³/mol. The van der Waals surface area contributed by atoms with Gasteiger partial charge in [-0.1, -0.05) is 12.1 Å². The molecule has 0 unspecified atom stereocenters. The smallest absolute Gasteiger partial charge is 0.238 e. The van der Waals surface area contributed by atoms with E-state index in [2.05, 4.69) is 10.6 Å². The maximum Gasteiger partial charge on any atom is 0.238 e. The van der Waals surface area contributed by atoms with E-state index in [1.807, 2.05) is 6.92 Å². The molecule has 4 N–H and O–H groups in total. The third kappa shape index (κ3) is 5.12. The summed E-state index contributed by atoms with van der Waals surface area (Å²) in [7, 11) is -3.76. The van der Waals surface area contributed by atoms with Crippen LogP contribution in [0.3, 0.4) is 0 Å². The first-order chi connectivity index (χ1) is 11.3. The molecule has 1 amide bonds. The molecule has 0 saturated carbocycles. The first-order valence-corrected chi connectivity index (χ1v) is 8.72. The molecule has 0 aliphatic rings. The summed E-state index contributed by atoms with van der Waals surface area (Å²) in [6, 6.07) is 11.5. The van der Waals surface area contributed by atoms with Crippen molar-refractivity contribution in [3.05, 3.63) is 59.9 Å². The van der Waals surface area contributed by atoms with Gasteiger partial charge >= 0.3 is 0 Å². The molecule has 6 nitrogen and oxygen atoms in total. The van der Waals surface area contributed by atoms with E-state index in [-0.39, 0.29) is 29.2 Å². The van der Waals surface area contributed by atoms with Gasteiger partial charge in [0.05, 0.1) is 11.4 Å². The molecular formula is C16H18FN3O3S. The van der Waals surface area contributed by atoms with Crippen LogP contribution in [-0.2, 0) is 14.8 Å². The number of amides is 1. The van der Waals surface area contributed by atoms with Crippen molar-refractivity contribution in [2.45, 2.75) is 17.9 Å². The lowest BCUT2D eigenvalue weighted by Gasteiger charge is -2.14. The van der Waals surface area contributed by atoms with E-state index in [4.69, 9.17) is 5.14 Å². The maximum absolute atomic E-state index is 13.2. The Balaban J connectivity index is 1.89. The Bertz CT molecular complexity index is 823. The Hall–Kier alpha value is -2.29. The molecule has 0 bridgehead atoms. The van der Waals surface area contributed by atoms with Crippen molar-refractivity contribution in [1.82, 2.24) is 5.32 Å². The second kappa shape index (κ2) is 7.52. The topological polar surface area (TPSA) is 101 Å². The molecule has 0 saturated heterocycles. The number of hydrogen-bond donors (Lipinski definition) is 3. The van der Waals surface area contributed by atoms with Gasteiger partial charge in [-0.3, -0.25) is 4.79 Å². The summed E-state index contributed by atoms with van der Waals surface area (Å²) >= 11 is 0. The first-order valence-electron chi connectivity index (χ1n) is 7.17. The van der Waals surface area contributed by atoms with Gasteiger partial charge in [-0.15, -0.1) is 0 Å². The molecule has 24 heavy (non-hydrogen) atoms. The normalized spacial score (nSPS) is 12.6. The highest BCUT2D eigenvalue weighted by Crippen LogP contribution is 2.14. The van der Waals surface area contributed by atoms with Gasteiger partial charge in [0.15, 0.2) is 0 Å².